The number of nitrogens with two attached hydrogens (primary N) is 1. The van der Waals surface area contributed by atoms with Gasteiger partial charge < -0.3 is 15.7 Å². The van der Waals surface area contributed by atoms with Gasteiger partial charge in [-0.05, 0) is 41.6 Å². The second kappa shape index (κ2) is 4.59. The number of nitrogen functional groups attached to an aromatic ring is 1. The molecule has 2 aromatic rings. The molecule has 1 aliphatic rings. The maximum atomic E-state index is 11.3. The molecule has 1 aliphatic heterocycles. The van der Waals surface area contributed by atoms with Gasteiger partial charge in [-0.15, -0.1) is 11.3 Å². The smallest absolute Gasteiger partial charge is 0.337 e. The van der Waals surface area contributed by atoms with Crippen molar-refractivity contribution < 1.29 is 9.90 Å². The second-order valence-corrected chi connectivity index (χ2v) is 5.62. The molecular weight excluding hydrogens is 260 g/mol. The summed E-state index contributed by atoms with van der Waals surface area (Å²) in [7, 11) is 0. The summed E-state index contributed by atoms with van der Waals surface area (Å²) in [5.74, 6) is -0.932. The van der Waals surface area contributed by atoms with Crippen LogP contribution >= 0.6 is 11.3 Å². The van der Waals surface area contributed by atoms with E-state index < -0.39 is 5.97 Å². The molecule has 0 amide bonds. The standard InChI is InChI=1S/C14H14N2O2S/c15-10-1-2-12(11(7-10)14(17)18)16-5-3-13-9(8-16)4-6-19-13/h1-2,4,6-7H,3,5,8,15H2,(H,17,18). The van der Waals surface area contributed by atoms with Crippen molar-refractivity contribution in [3.05, 3.63) is 45.6 Å². The molecule has 0 saturated carbocycles. The van der Waals surface area contributed by atoms with E-state index in [-0.39, 0.29) is 5.56 Å². The van der Waals surface area contributed by atoms with E-state index in [2.05, 4.69) is 16.3 Å². The number of carboxylic acid groups (broad SMARTS) is 1. The van der Waals surface area contributed by atoms with Crippen LogP contribution in [0.2, 0.25) is 0 Å². The van der Waals surface area contributed by atoms with E-state index in [1.54, 1.807) is 23.5 Å². The van der Waals surface area contributed by atoms with Gasteiger partial charge in [0.25, 0.3) is 0 Å². The Balaban J connectivity index is 1.98. The predicted molar refractivity (Wildman–Crippen MR) is 76.9 cm³/mol. The molecule has 4 nitrogen and oxygen atoms in total. The number of thiophene rings is 1. The molecule has 0 bridgehead atoms. The van der Waals surface area contributed by atoms with Crippen molar-refractivity contribution in [2.24, 2.45) is 0 Å². The van der Waals surface area contributed by atoms with Gasteiger partial charge in [-0.25, -0.2) is 4.79 Å². The largest absolute Gasteiger partial charge is 0.478 e. The normalized spacial score (nSPS) is 14.2. The van der Waals surface area contributed by atoms with Crippen LogP contribution in [0.1, 0.15) is 20.8 Å². The van der Waals surface area contributed by atoms with Crippen LogP contribution < -0.4 is 10.6 Å². The summed E-state index contributed by atoms with van der Waals surface area (Å²) in [6.07, 6.45) is 0.969. The van der Waals surface area contributed by atoms with Gasteiger partial charge >= 0.3 is 5.97 Å². The Morgan fingerprint density at radius 2 is 2.21 bits per heavy atom. The van der Waals surface area contributed by atoms with E-state index in [0.29, 0.717) is 5.69 Å². The van der Waals surface area contributed by atoms with Gasteiger partial charge in [0.2, 0.25) is 0 Å². The van der Waals surface area contributed by atoms with Crippen LogP contribution in [0, 0.1) is 0 Å². The predicted octanol–water partition coefficient (Wildman–Crippen LogP) is 2.59. The van der Waals surface area contributed by atoms with E-state index in [4.69, 9.17) is 5.73 Å². The fourth-order valence-electron chi connectivity index (χ4n) is 2.45. The van der Waals surface area contributed by atoms with Gasteiger partial charge in [-0.2, -0.15) is 0 Å². The summed E-state index contributed by atoms with van der Waals surface area (Å²) in [5.41, 5.74) is 8.48. The van der Waals surface area contributed by atoms with Gasteiger partial charge in [0.05, 0.1) is 11.3 Å². The van der Waals surface area contributed by atoms with Gasteiger partial charge in [0, 0.05) is 23.7 Å². The maximum Gasteiger partial charge on any atom is 0.337 e. The molecule has 1 aromatic carbocycles. The van der Waals surface area contributed by atoms with Crippen LogP contribution in [0.25, 0.3) is 0 Å². The molecule has 3 rings (SSSR count). The summed E-state index contributed by atoms with van der Waals surface area (Å²) >= 11 is 1.77. The highest BCUT2D eigenvalue weighted by Crippen LogP contribution is 2.30. The summed E-state index contributed by atoms with van der Waals surface area (Å²) in [4.78, 5) is 14.8. The Morgan fingerprint density at radius 3 is 3.00 bits per heavy atom. The number of benzene rings is 1. The number of carbonyl (C=O) groups is 1. The zero-order valence-corrected chi connectivity index (χ0v) is 11.1. The first-order valence-electron chi connectivity index (χ1n) is 6.08. The van der Waals surface area contributed by atoms with Crippen LogP contribution in [-0.4, -0.2) is 17.6 Å². The number of carboxylic acids is 1. The minimum Gasteiger partial charge on any atom is -0.478 e. The molecule has 0 fully saturated rings. The quantitative estimate of drug-likeness (QED) is 0.826. The molecule has 0 aliphatic carbocycles. The molecule has 0 unspecified atom stereocenters. The van der Waals surface area contributed by atoms with Crippen LogP contribution in [0.4, 0.5) is 11.4 Å². The lowest BCUT2D eigenvalue weighted by atomic mass is 10.1. The summed E-state index contributed by atoms with van der Waals surface area (Å²) < 4.78 is 0. The first kappa shape index (κ1) is 12.0. The van der Waals surface area contributed by atoms with Crippen molar-refractivity contribution in [3.8, 4) is 0 Å². The van der Waals surface area contributed by atoms with Crippen LogP contribution in [-0.2, 0) is 13.0 Å². The lowest BCUT2D eigenvalue weighted by Gasteiger charge is -2.30. The van der Waals surface area contributed by atoms with Crippen molar-refractivity contribution >= 4 is 28.7 Å². The molecule has 3 N–H and O–H groups in total. The average Bonchev–Trinajstić information content (AvgIpc) is 2.85. The van der Waals surface area contributed by atoms with E-state index in [0.717, 1.165) is 25.2 Å². The minimum absolute atomic E-state index is 0.277. The monoisotopic (exact) mass is 274 g/mol. The van der Waals surface area contributed by atoms with Gasteiger partial charge in [-0.3, -0.25) is 0 Å². The molecule has 5 heteroatoms. The van der Waals surface area contributed by atoms with Crippen molar-refractivity contribution in [1.29, 1.82) is 0 Å². The first-order chi connectivity index (χ1) is 9.15. The highest BCUT2D eigenvalue weighted by Gasteiger charge is 2.21. The van der Waals surface area contributed by atoms with Gasteiger partial charge in [0.15, 0.2) is 0 Å². The van der Waals surface area contributed by atoms with Crippen molar-refractivity contribution in [3.63, 3.8) is 0 Å². The lowest BCUT2D eigenvalue weighted by Crippen LogP contribution is -2.30. The zero-order chi connectivity index (χ0) is 13.4. The molecule has 98 valence electrons. The number of hydrogen-bond donors (Lipinski definition) is 2. The molecule has 0 radical (unpaired) electrons. The molecular formula is C14H14N2O2S. The Morgan fingerprint density at radius 1 is 1.37 bits per heavy atom. The SMILES string of the molecule is Nc1ccc(N2CCc3sccc3C2)c(C(=O)O)c1. The molecule has 1 aromatic heterocycles. The van der Waals surface area contributed by atoms with Gasteiger partial charge in [0.1, 0.15) is 0 Å². The number of aromatic carboxylic acids is 1. The third-order valence-electron chi connectivity index (χ3n) is 3.40. The summed E-state index contributed by atoms with van der Waals surface area (Å²) in [6.45, 7) is 1.61. The van der Waals surface area contributed by atoms with Crippen molar-refractivity contribution in [2.45, 2.75) is 13.0 Å². The highest BCUT2D eigenvalue weighted by molar-refractivity contribution is 7.10. The zero-order valence-electron chi connectivity index (χ0n) is 10.3. The van der Waals surface area contributed by atoms with Crippen LogP contribution in [0.5, 0.6) is 0 Å². The number of rotatable bonds is 2. The van der Waals surface area contributed by atoms with E-state index in [9.17, 15) is 9.90 Å². The fourth-order valence-corrected chi connectivity index (χ4v) is 3.34. The molecule has 2 heterocycles. The topological polar surface area (TPSA) is 66.6 Å². The summed E-state index contributed by atoms with van der Waals surface area (Å²) in [5, 5.41) is 11.4. The van der Waals surface area contributed by atoms with Crippen LogP contribution in [0.15, 0.2) is 29.6 Å². The van der Waals surface area contributed by atoms with Gasteiger partial charge in [-0.1, -0.05) is 0 Å². The van der Waals surface area contributed by atoms with Crippen molar-refractivity contribution in [2.75, 3.05) is 17.2 Å². The van der Waals surface area contributed by atoms with Crippen molar-refractivity contribution in [1.82, 2.24) is 0 Å². The summed E-state index contributed by atoms with van der Waals surface area (Å²) in [6, 6.07) is 7.20. The Hall–Kier alpha value is -2.01. The molecule has 0 saturated heterocycles. The number of anilines is 2. The fraction of sp³-hybridized carbons (Fsp3) is 0.214. The number of fused-ring (bicyclic) bond motifs is 1. The highest BCUT2D eigenvalue weighted by atomic mass is 32.1. The van der Waals surface area contributed by atoms with E-state index >= 15 is 0 Å². The van der Waals surface area contributed by atoms with E-state index in [1.807, 2.05) is 0 Å². The third kappa shape index (κ3) is 2.17. The maximum absolute atomic E-state index is 11.3. The first-order valence-corrected chi connectivity index (χ1v) is 6.96. The lowest BCUT2D eigenvalue weighted by molar-refractivity contribution is 0.0697. The molecule has 0 spiro atoms. The Labute approximate surface area is 115 Å². The minimum atomic E-state index is -0.932. The average molecular weight is 274 g/mol. The Bertz CT molecular complexity index is 636. The Kier molecular flexibility index (Phi) is 2.91. The number of nitrogens with zero attached hydrogens (tertiary/aromatic N) is 1. The number of hydrogen-bond acceptors (Lipinski definition) is 4. The van der Waals surface area contributed by atoms with E-state index in [1.165, 1.54) is 16.5 Å². The molecule has 19 heavy (non-hydrogen) atoms. The van der Waals surface area contributed by atoms with Crippen LogP contribution in [0.3, 0.4) is 0 Å². The second-order valence-electron chi connectivity index (χ2n) is 4.62. The molecule has 0 atom stereocenters. The third-order valence-corrected chi connectivity index (χ3v) is 4.42.